The predicted octanol–water partition coefficient (Wildman–Crippen LogP) is 2.89. The molecule has 0 aliphatic rings. The van der Waals surface area contributed by atoms with Crippen LogP contribution in [0.1, 0.15) is 5.56 Å². The van der Waals surface area contributed by atoms with Crippen LogP contribution in [-0.2, 0) is 11.3 Å². The fourth-order valence-electron chi connectivity index (χ4n) is 2.73. The Balaban J connectivity index is 2.17. The fourth-order valence-corrected chi connectivity index (χ4v) is 2.73. The zero-order chi connectivity index (χ0) is 17.1. The normalized spacial score (nSPS) is 10.8. The van der Waals surface area contributed by atoms with Gasteiger partial charge in [0.05, 0.1) is 18.5 Å². The van der Waals surface area contributed by atoms with Crippen LogP contribution in [0.2, 0.25) is 0 Å². The first kappa shape index (κ1) is 15.9. The summed E-state index contributed by atoms with van der Waals surface area (Å²) in [7, 11) is 3.60. The number of hydrogen-bond donors (Lipinski definition) is 2. The quantitative estimate of drug-likeness (QED) is 0.560. The summed E-state index contributed by atoms with van der Waals surface area (Å²) in [6.45, 7) is 0.544. The van der Waals surface area contributed by atoms with Gasteiger partial charge in [-0.3, -0.25) is 15.4 Å². The molecule has 0 radical (unpaired) electrons. The predicted molar refractivity (Wildman–Crippen MR) is 95.0 cm³/mol. The van der Waals surface area contributed by atoms with Gasteiger partial charge in [-0.15, -0.1) is 0 Å². The molecule has 0 spiro atoms. The van der Waals surface area contributed by atoms with Crippen molar-refractivity contribution in [3.8, 4) is 0 Å². The van der Waals surface area contributed by atoms with Crippen LogP contribution in [0, 0.1) is 10.8 Å². The first-order valence-corrected chi connectivity index (χ1v) is 7.53. The Morgan fingerprint density at radius 2 is 2.00 bits per heavy atom. The molecule has 0 fully saturated rings. The number of nitrogens with one attached hydrogen (secondary N) is 2. The van der Waals surface area contributed by atoms with E-state index in [9.17, 15) is 0 Å². The van der Waals surface area contributed by atoms with E-state index < -0.39 is 0 Å². The van der Waals surface area contributed by atoms with Crippen molar-refractivity contribution in [2.24, 2.45) is 0 Å². The number of rotatable bonds is 5. The second-order valence-corrected chi connectivity index (χ2v) is 5.44. The molecule has 122 valence electrons. The average Bonchev–Trinajstić information content (AvgIpc) is 2.61. The smallest absolute Gasteiger partial charge is 0.229 e. The molecule has 24 heavy (non-hydrogen) atoms. The van der Waals surface area contributed by atoms with Crippen LogP contribution >= 0.6 is 0 Å². The number of aromatic nitrogens is 2. The lowest BCUT2D eigenvalue weighted by molar-refractivity contribution is 0.185. The van der Waals surface area contributed by atoms with Gasteiger partial charge in [-0.2, -0.15) is 4.98 Å². The Kier molecular flexibility index (Phi) is 4.39. The monoisotopic (exact) mass is 321 g/mol. The van der Waals surface area contributed by atoms with Crippen molar-refractivity contribution in [3.63, 3.8) is 0 Å². The maximum absolute atomic E-state index is 8.11. The highest BCUT2D eigenvalue weighted by atomic mass is 16.5. The summed E-state index contributed by atoms with van der Waals surface area (Å²) in [6, 6.07) is 15.7. The maximum Gasteiger partial charge on any atom is 0.229 e. The number of fused-ring (bicyclic) bond motifs is 1. The molecule has 2 aromatic carbocycles. The molecular weight excluding hydrogens is 302 g/mol. The summed E-state index contributed by atoms with van der Waals surface area (Å²) in [5.41, 5.74) is 2.85. The molecule has 6 heteroatoms. The summed E-state index contributed by atoms with van der Waals surface area (Å²) in [5.74, 6) is 0.684. The summed E-state index contributed by atoms with van der Waals surface area (Å²) in [5, 5.41) is 16.5. The van der Waals surface area contributed by atoms with Gasteiger partial charge in [0.25, 0.3) is 0 Å². The summed E-state index contributed by atoms with van der Waals surface area (Å²) in [6.07, 6.45) is 1.11. The minimum absolute atomic E-state index is 0.0265. The maximum atomic E-state index is 8.11. The first-order valence-electron chi connectivity index (χ1n) is 7.53. The van der Waals surface area contributed by atoms with Crippen molar-refractivity contribution in [2.75, 3.05) is 19.1 Å². The molecular formula is C18H19N5O. The van der Waals surface area contributed by atoms with Crippen molar-refractivity contribution in [2.45, 2.75) is 6.61 Å². The van der Waals surface area contributed by atoms with Gasteiger partial charge in [-0.25, -0.2) is 0 Å². The number of hydrogen-bond acceptors (Lipinski definition) is 5. The number of para-hydroxylation sites is 1. The summed E-state index contributed by atoms with van der Waals surface area (Å²) in [4.78, 5) is 6.35. The third kappa shape index (κ3) is 2.79. The third-order valence-corrected chi connectivity index (χ3v) is 3.90. The number of methoxy groups -OCH3 is 1. The minimum Gasteiger partial charge on any atom is -0.380 e. The molecule has 1 heterocycles. The van der Waals surface area contributed by atoms with Crippen molar-refractivity contribution in [3.05, 3.63) is 59.7 Å². The van der Waals surface area contributed by atoms with E-state index in [2.05, 4.69) is 4.98 Å². The van der Waals surface area contributed by atoms with E-state index in [1.54, 1.807) is 7.11 Å². The number of benzene rings is 2. The van der Waals surface area contributed by atoms with Gasteiger partial charge in [-0.05, 0) is 29.8 Å². The van der Waals surface area contributed by atoms with E-state index >= 15 is 0 Å². The molecule has 3 aromatic rings. The molecule has 0 atom stereocenters. The van der Waals surface area contributed by atoms with Crippen LogP contribution < -0.4 is 10.5 Å². The Hall–Kier alpha value is -2.99. The Bertz CT molecular complexity index is 948. The molecule has 2 N–H and O–H groups in total. The van der Waals surface area contributed by atoms with E-state index in [-0.39, 0.29) is 5.62 Å². The molecule has 0 aliphatic heterocycles. The van der Waals surface area contributed by atoms with Gasteiger partial charge in [0.2, 0.25) is 5.62 Å². The Labute approximate surface area is 140 Å². The standard InChI is InChI=1S/C18H19N5O/c1-22(14-7-5-6-13(10-14)11-24-2)17-15-8-3-4-9-16(15)23(12-19)18(20)21-17/h3-10,12,19-20H,11H2,1-2H3. The molecule has 0 aliphatic carbocycles. The van der Waals surface area contributed by atoms with Crippen LogP contribution in [0.4, 0.5) is 11.5 Å². The van der Waals surface area contributed by atoms with Gasteiger partial charge in [0.15, 0.2) is 0 Å². The third-order valence-electron chi connectivity index (χ3n) is 3.90. The lowest BCUT2D eigenvalue weighted by atomic mass is 10.1. The van der Waals surface area contributed by atoms with E-state index in [1.165, 1.54) is 4.57 Å². The Morgan fingerprint density at radius 3 is 2.75 bits per heavy atom. The topological polar surface area (TPSA) is 78.0 Å². The van der Waals surface area contributed by atoms with Gasteiger partial charge < -0.3 is 9.64 Å². The second-order valence-electron chi connectivity index (χ2n) is 5.44. The van der Waals surface area contributed by atoms with Gasteiger partial charge in [0, 0.05) is 25.2 Å². The molecule has 0 bridgehead atoms. The number of ether oxygens (including phenoxy) is 1. The molecule has 0 saturated heterocycles. The second kappa shape index (κ2) is 6.64. The van der Waals surface area contributed by atoms with Crippen molar-refractivity contribution < 1.29 is 4.74 Å². The molecule has 0 saturated carbocycles. The van der Waals surface area contributed by atoms with Crippen LogP contribution in [0.15, 0.2) is 48.5 Å². The summed E-state index contributed by atoms with van der Waals surface area (Å²) >= 11 is 0. The van der Waals surface area contributed by atoms with Crippen molar-refractivity contribution >= 4 is 28.7 Å². The zero-order valence-corrected chi connectivity index (χ0v) is 13.7. The molecule has 6 nitrogen and oxygen atoms in total. The van der Waals surface area contributed by atoms with Crippen LogP contribution in [0.5, 0.6) is 0 Å². The first-order chi connectivity index (χ1) is 11.7. The summed E-state index contributed by atoms with van der Waals surface area (Å²) < 4.78 is 6.65. The SMILES string of the molecule is COCc1cccc(N(C)c2nc(=N)n(C=N)c3ccccc23)c1. The van der Waals surface area contributed by atoms with Crippen molar-refractivity contribution in [1.29, 1.82) is 10.8 Å². The number of anilines is 2. The molecule has 1 aromatic heterocycles. The molecule has 3 rings (SSSR count). The van der Waals surface area contributed by atoms with Crippen molar-refractivity contribution in [1.82, 2.24) is 9.55 Å². The van der Waals surface area contributed by atoms with E-state index in [0.717, 1.165) is 28.5 Å². The zero-order valence-electron chi connectivity index (χ0n) is 13.7. The lowest BCUT2D eigenvalue weighted by Crippen LogP contribution is -2.26. The van der Waals surface area contributed by atoms with Gasteiger partial charge >= 0.3 is 0 Å². The van der Waals surface area contributed by atoms with E-state index in [1.807, 2.05) is 60.5 Å². The fraction of sp³-hybridized carbons (Fsp3) is 0.167. The highest BCUT2D eigenvalue weighted by Crippen LogP contribution is 2.28. The Morgan fingerprint density at radius 1 is 1.21 bits per heavy atom. The highest BCUT2D eigenvalue weighted by molar-refractivity contribution is 5.94. The molecule has 0 amide bonds. The number of nitrogens with zero attached hydrogens (tertiary/aromatic N) is 3. The van der Waals surface area contributed by atoms with E-state index in [0.29, 0.717) is 12.4 Å². The van der Waals surface area contributed by atoms with E-state index in [4.69, 9.17) is 15.6 Å². The highest BCUT2D eigenvalue weighted by Gasteiger charge is 2.13. The minimum atomic E-state index is 0.0265. The molecule has 0 unspecified atom stereocenters. The van der Waals surface area contributed by atoms with Crippen LogP contribution in [-0.4, -0.2) is 30.0 Å². The average molecular weight is 321 g/mol. The van der Waals surface area contributed by atoms with Crippen LogP contribution in [0.25, 0.3) is 10.9 Å². The largest absolute Gasteiger partial charge is 0.380 e. The van der Waals surface area contributed by atoms with Crippen LogP contribution in [0.3, 0.4) is 0 Å². The lowest BCUT2D eigenvalue weighted by Gasteiger charge is -2.21. The van der Waals surface area contributed by atoms with Gasteiger partial charge in [0.1, 0.15) is 5.82 Å². The van der Waals surface area contributed by atoms with Gasteiger partial charge in [-0.1, -0.05) is 24.3 Å².